The SMILES string of the molecule is O=C(O)c1ccc(CNC2CCCc3c2[nH]c2ccc(Br)cc32)cc1. The number of aromatic amines is 1. The Labute approximate surface area is 154 Å². The first-order valence-corrected chi connectivity index (χ1v) is 9.27. The normalized spacial score (nSPS) is 16.8. The first kappa shape index (κ1) is 16.4. The van der Waals surface area contributed by atoms with Gasteiger partial charge in [0.1, 0.15) is 0 Å². The maximum Gasteiger partial charge on any atom is 0.335 e. The van der Waals surface area contributed by atoms with Gasteiger partial charge in [0.25, 0.3) is 0 Å². The van der Waals surface area contributed by atoms with Gasteiger partial charge in [-0.3, -0.25) is 0 Å². The number of aromatic nitrogens is 1. The molecule has 0 spiro atoms. The van der Waals surface area contributed by atoms with Crippen molar-refractivity contribution in [3.05, 3.63) is 69.3 Å². The van der Waals surface area contributed by atoms with Gasteiger partial charge in [-0.25, -0.2) is 4.79 Å². The van der Waals surface area contributed by atoms with Crippen molar-refractivity contribution in [1.29, 1.82) is 0 Å². The summed E-state index contributed by atoms with van der Waals surface area (Å²) < 4.78 is 1.11. The number of fused-ring (bicyclic) bond motifs is 3. The molecule has 0 amide bonds. The molecule has 128 valence electrons. The second-order valence-corrected chi connectivity index (χ2v) is 7.45. The lowest BCUT2D eigenvalue weighted by atomic mass is 9.91. The number of halogens is 1. The lowest BCUT2D eigenvalue weighted by Gasteiger charge is -2.24. The van der Waals surface area contributed by atoms with Gasteiger partial charge in [0.05, 0.1) is 5.56 Å². The summed E-state index contributed by atoms with van der Waals surface area (Å²) in [5.74, 6) is -0.888. The van der Waals surface area contributed by atoms with Gasteiger partial charge in [-0.05, 0) is 60.7 Å². The zero-order valence-corrected chi connectivity index (χ0v) is 15.3. The molecule has 1 aliphatic carbocycles. The fourth-order valence-electron chi connectivity index (χ4n) is 3.65. The van der Waals surface area contributed by atoms with E-state index in [0.717, 1.165) is 29.4 Å². The first-order valence-electron chi connectivity index (χ1n) is 8.47. The topological polar surface area (TPSA) is 65.1 Å². The third-order valence-electron chi connectivity index (χ3n) is 4.92. The maximum absolute atomic E-state index is 10.9. The summed E-state index contributed by atoms with van der Waals surface area (Å²) in [4.78, 5) is 14.5. The fourth-order valence-corrected chi connectivity index (χ4v) is 4.01. The van der Waals surface area contributed by atoms with E-state index in [0.29, 0.717) is 11.6 Å². The Kier molecular flexibility index (Phi) is 4.36. The van der Waals surface area contributed by atoms with Crippen LogP contribution in [0.2, 0.25) is 0 Å². The predicted molar refractivity (Wildman–Crippen MR) is 102 cm³/mol. The summed E-state index contributed by atoms with van der Waals surface area (Å²) in [6, 6.07) is 13.8. The Morgan fingerprint density at radius 2 is 2.04 bits per heavy atom. The summed E-state index contributed by atoms with van der Waals surface area (Å²) in [6.45, 7) is 0.725. The zero-order valence-electron chi connectivity index (χ0n) is 13.7. The molecule has 25 heavy (non-hydrogen) atoms. The molecule has 3 aromatic rings. The molecular formula is C20H19BrN2O2. The van der Waals surface area contributed by atoms with E-state index in [4.69, 9.17) is 5.11 Å². The van der Waals surface area contributed by atoms with Crippen LogP contribution in [-0.4, -0.2) is 16.1 Å². The Hall–Kier alpha value is -2.11. The van der Waals surface area contributed by atoms with Crippen LogP contribution >= 0.6 is 15.9 Å². The number of carboxylic acid groups (broad SMARTS) is 1. The lowest BCUT2D eigenvalue weighted by molar-refractivity contribution is 0.0697. The highest BCUT2D eigenvalue weighted by Gasteiger charge is 2.23. The summed E-state index contributed by atoms with van der Waals surface area (Å²) >= 11 is 3.57. The number of aromatic carboxylic acids is 1. The molecule has 4 rings (SSSR count). The zero-order chi connectivity index (χ0) is 17.4. The number of hydrogen-bond acceptors (Lipinski definition) is 2. The number of rotatable bonds is 4. The quantitative estimate of drug-likeness (QED) is 0.591. The molecular weight excluding hydrogens is 380 g/mol. The smallest absolute Gasteiger partial charge is 0.335 e. The number of carbonyl (C=O) groups is 1. The van der Waals surface area contributed by atoms with Crippen LogP contribution in [0.25, 0.3) is 10.9 Å². The summed E-state index contributed by atoms with van der Waals surface area (Å²) in [5, 5.41) is 13.9. The number of carboxylic acids is 1. The van der Waals surface area contributed by atoms with Crippen molar-refractivity contribution in [2.75, 3.05) is 0 Å². The molecule has 4 nitrogen and oxygen atoms in total. The highest BCUT2D eigenvalue weighted by Crippen LogP contribution is 2.35. The van der Waals surface area contributed by atoms with Gasteiger partial charge in [0.2, 0.25) is 0 Å². The molecule has 0 bridgehead atoms. The molecule has 0 aliphatic heterocycles. The fraction of sp³-hybridized carbons (Fsp3) is 0.250. The van der Waals surface area contributed by atoms with Gasteiger partial charge in [-0.15, -0.1) is 0 Å². The van der Waals surface area contributed by atoms with Gasteiger partial charge in [0.15, 0.2) is 0 Å². The minimum absolute atomic E-state index is 0.300. The van der Waals surface area contributed by atoms with Gasteiger partial charge in [-0.2, -0.15) is 0 Å². The molecule has 0 saturated carbocycles. The molecule has 5 heteroatoms. The second kappa shape index (κ2) is 6.65. The minimum Gasteiger partial charge on any atom is -0.478 e. The summed E-state index contributed by atoms with van der Waals surface area (Å²) in [7, 11) is 0. The van der Waals surface area contributed by atoms with Crippen molar-refractivity contribution >= 4 is 32.8 Å². The standard InChI is InChI=1S/C20H19BrN2O2/c21-14-8-9-17-16(10-14)15-2-1-3-18(19(15)23-17)22-11-12-4-6-13(7-5-12)20(24)25/h4-10,18,22-23H,1-3,11H2,(H,24,25). The van der Waals surface area contributed by atoms with E-state index >= 15 is 0 Å². The van der Waals surface area contributed by atoms with Crippen molar-refractivity contribution in [3.8, 4) is 0 Å². The van der Waals surface area contributed by atoms with E-state index in [-0.39, 0.29) is 0 Å². The third kappa shape index (κ3) is 3.22. The molecule has 1 unspecified atom stereocenters. The van der Waals surface area contributed by atoms with Gasteiger partial charge < -0.3 is 15.4 Å². The molecule has 1 heterocycles. The highest BCUT2D eigenvalue weighted by molar-refractivity contribution is 9.10. The van der Waals surface area contributed by atoms with Crippen LogP contribution in [0.5, 0.6) is 0 Å². The average Bonchev–Trinajstić information content (AvgIpc) is 2.99. The van der Waals surface area contributed by atoms with Gasteiger partial charge >= 0.3 is 5.97 Å². The predicted octanol–water partition coefficient (Wildman–Crippen LogP) is 4.80. The van der Waals surface area contributed by atoms with Crippen molar-refractivity contribution in [1.82, 2.24) is 10.3 Å². The third-order valence-corrected chi connectivity index (χ3v) is 5.42. The minimum atomic E-state index is -0.888. The van der Waals surface area contributed by atoms with Crippen molar-refractivity contribution in [2.45, 2.75) is 31.8 Å². The monoisotopic (exact) mass is 398 g/mol. The lowest BCUT2D eigenvalue weighted by Crippen LogP contribution is -2.24. The van der Waals surface area contributed by atoms with E-state index in [2.05, 4.69) is 44.4 Å². The largest absolute Gasteiger partial charge is 0.478 e. The van der Waals surface area contributed by atoms with E-state index in [9.17, 15) is 4.79 Å². The van der Waals surface area contributed by atoms with Crippen LogP contribution in [0.1, 0.15) is 46.1 Å². The average molecular weight is 399 g/mol. The molecule has 0 radical (unpaired) electrons. The van der Waals surface area contributed by atoms with E-state index < -0.39 is 5.97 Å². The van der Waals surface area contributed by atoms with Crippen LogP contribution in [0.15, 0.2) is 46.9 Å². The van der Waals surface area contributed by atoms with E-state index in [1.807, 2.05) is 12.1 Å². The molecule has 1 aliphatic rings. The number of benzene rings is 2. The van der Waals surface area contributed by atoms with E-state index in [1.165, 1.54) is 28.6 Å². The van der Waals surface area contributed by atoms with Crippen LogP contribution in [0.3, 0.4) is 0 Å². The van der Waals surface area contributed by atoms with Gasteiger partial charge in [0, 0.05) is 33.7 Å². The number of nitrogens with one attached hydrogen (secondary N) is 2. The number of H-pyrrole nitrogens is 1. The van der Waals surface area contributed by atoms with E-state index in [1.54, 1.807) is 12.1 Å². The number of hydrogen-bond donors (Lipinski definition) is 3. The first-order chi connectivity index (χ1) is 12.1. The Balaban J connectivity index is 1.55. The summed E-state index contributed by atoms with van der Waals surface area (Å²) in [6.07, 6.45) is 3.38. The van der Waals surface area contributed by atoms with Crippen LogP contribution in [0, 0.1) is 0 Å². The van der Waals surface area contributed by atoms with Crippen LogP contribution < -0.4 is 5.32 Å². The Morgan fingerprint density at radius 3 is 2.80 bits per heavy atom. The Morgan fingerprint density at radius 1 is 1.24 bits per heavy atom. The van der Waals surface area contributed by atoms with Crippen LogP contribution in [-0.2, 0) is 13.0 Å². The molecule has 3 N–H and O–H groups in total. The van der Waals surface area contributed by atoms with Crippen molar-refractivity contribution in [2.24, 2.45) is 0 Å². The van der Waals surface area contributed by atoms with Crippen LogP contribution in [0.4, 0.5) is 0 Å². The van der Waals surface area contributed by atoms with Crippen molar-refractivity contribution < 1.29 is 9.90 Å². The number of aryl methyl sites for hydroxylation is 1. The summed E-state index contributed by atoms with van der Waals surface area (Å²) in [5.41, 5.74) is 5.32. The molecule has 2 aromatic carbocycles. The maximum atomic E-state index is 10.9. The second-order valence-electron chi connectivity index (χ2n) is 6.53. The Bertz CT molecular complexity index is 931. The molecule has 1 atom stereocenters. The highest BCUT2D eigenvalue weighted by atomic mass is 79.9. The molecule has 1 aromatic heterocycles. The molecule has 0 fully saturated rings. The molecule has 0 saturated heterocycles. The van der Waals surface area contributed by atoms with Crippen molar-refractivity contribution in [3.63, 3.8) is 0 Å². The van der Waals surface area contributed by atoms with Gasteiger partial charge in [-0.1, -0.05) is 28.1 Å².